The van der Waals surface area contributed by atoms with E-state index >= 15 is 0 Å². The predicted octanol–water partition coefficient (Wildman–Crippen LogP) is 2.04. The number of ether oxygens (including phenoxy) is 1. The third-order valence-electron chi connectivity index (χ3n) is 4.32. The molecule has 0 spiro atoms. The zero-order valence-electron chi connectivity index (χ0n) is 15.8. The second kappa shape index (κ2) is 8.01. The molecule has 0 bridgehead atoms. The van der Waals surface area contributed by atoms with Gasteiger partial charge in [0, 0.05) is 20.1 Å². The van der Waals surface area contributed by atoms with Gasteiger partial charge in [-0.2, -0.15) is 9.40 Å². The summed E-state index contributed by atoms with van der Waals surface area (Å²) in [5.41, 5.74) is 1.84. The largest absolute Gasteiger partial charge is 0.469 e. The molecular weight excluding hydrogens is 354 g/mol. The van der Waals surface area contributed by atoms with E-state index in [0.717, 1.165) is 5.56 Å². The first-order valence-electron chi connectivity index (χ1n) is 8.30. The number of methoxy groups -OCH3 is 1. The van der Waals surface area contributed by atoms with Gasteiger partial charge in [0.05, 0.1) is 24.4 Å². The Hall–Kier alpha value is -2.19. The van der Waals surface area contributed by atoms with Gasteiger partial charge in [-0.25, -0.2) is 8.42 Å². The van der Waals surface area contributed by atoms with Crippen LogP contribution in [-0.2, 0) is 33.1 Å². The Labute approximate surface area is 154 Å². The van der Waals surface area contributed by atoms with Crippen LogP contribution in [0.1, 0.15) is 23.9 Å². The summed E-state index contributed by atoms with van der Waals surface area (Å²) in [5, 5.41) is 4.22. The first-order valence-corrected chi connectivity index (χ1v) is 9.74. The molecule has 8 heteroatoms. The Morgan fingerprint density at radius 3 is 2.38 bits per heavy atom. The van der Waals surface area contributed by atoms with Crippen LogP contribution in [0.2, 0.25) is 0 Å². The standard InChI is InChI=1S/C18H25N3O4S/c1-13(18(22)25-5)11-21(12-16-9-7-6-8-10-16)26(23,24)17-14(2)19-20(4)15(17)3/h6-10,13H,11-12H2,1-5H3/t13-/m0/s1. The van der Waals surface area contributed by atoms with Crippen molar-refractivity contribution in [3.63, 3.8) is 0 Å². The van der Waals surface area contributed by atoms with Crippen molar-refractivity contribution in [1.82, 2.24) is 14.1 Å². The maximum absolute atomic E-state index is 13.4. The van der Waals surface area contributed by atoms with Crippen LogP contribution in [0.5, 0.6) is 0 Å². The number of hydrogen-bond acceptors (Lipinski definition) is 5. The second-order valence-corrected chi connectivity index (χ2v) is 8.21. The molecule has 1 aromatic carbocycles. The minimum Gasteiger partial charge on any atom is -0.469 e. The average molecular weight is 379 g/mol. The number of carbonyl (C=O) groups is 1. The van der Waals surface area contributed by atoms with Crippen molar-refractivity contribution in [3.8, 4) is 0 Å². The number of nitrogens with zero attached hydrogens (tertiary/aromatic N) is 3. The van der Waals surface area contributed by atoms with Gasteiger partial charge in [-0.1, -0.05) is 37.3 Å². The average Bonchev–Trinajstić information content (AvgIpc) is 2.86. The monoisotopic (exact) mass is 379 g/mol. The zero-order chi connectivity index (χ0) is 19.5. The third-order valence-corrected chi connectivity index (χ3v) is 6.39. The van der Waals surface area contributed by atoms with E-state index in [-0.39, 0.29) is 18.0 Å². The van der Waals surface area contributed by atoms with Crippen molar-refractivity contribution in [2.45, 2.75) is 32.2 Å². The van der Waals surface area contributed by atoms with Gasteiger partial charge in [-0.05, 0) is 19.4 Å². The van der Waals surface area contributed by atoms with Gasteiger partial charge in [0.2, 0.25) is 10.0 Å². The lowest BCUT2D eigenvalue weighted by Crippen LogP contribution is -2.37. The molecule has 2 aromatic rings. The summed E-state index contributed by atoms with van der Waals surface area (Å²) in [7, 11) is -0.830. The molecule has 1 heterocycles. The molecule has 2 rings (SSSR count). The van der Waals surface area contributed by atoms with E-state index in [2.05, 4.69) is 5.10 Å². The van der Waals surface area contributed by atoms with E-state index in [1.165, 1.54) is 11.4 Å². The predicted molar refractivity (Wildman–Crippen MR) is 97.9 cm³/mol. The van der Waals surface area contributed by atoms with Gasteiger partial charge >= 0.3 is 5.97 Å². The summed E-state index contributed by atoms with van der Waals surface area (Å²) < 4.78 is 34.3. The molecule has 26 heavy (non-hydrogen) atoms. The first kappa shape index (κ1) is 20.1. The van der Waals surface area contributed by atoms with E-state index in [1.54, 1.807) is 32.5 Å². The number of esters is 1. The fraction of sp³-hybridized carbons (Fsp3) is 0.444. The maximum atomic E-state index is 13.4. The second-order valence-electron chi connectivity index (χ2n) is 6.33. The van der Waals surface area contributed by atoms with Crippen LogP contribution in [0, 0.1) is 19.8 Å². The van der Waals surface area contributed by atoms with E-state index in [9.17, 15) is 13.2 Å². The molecule has 142 valence electrons. The summed E-state index contributed by atoms with van der Waals surface area (Å²) in [5.74, 6) is -1.03. The first-order chi connectivity index (χ1) is 12.2. The molecule has 0 saturated carbocycles. The van der Waals surface area contributed by atoms with Crippen LogP contribution < -0.4 is 0 Å². The van der Waals surface area contributed by atoms with E-state index in [4.69, 9.17) is 4.74 Å². The van der Waals surface area contributed by atoms with Gasteiger partial charge < -0.3 is 4.74 Å². The molecule has 0 unspecified atom stereocenters. The Morgan fingerprint density at radius 1 is 1.27 bits per heavy atom. The lowest BCUT2D eigenvalue weighted by atomic mass is 10.1. The summed E-state index contributed by atoms with van der Waals surface area (Å²) in [4.78, 5) is 12.0. The summed E-state index contributed by atoms with van der Waals surface area (Å²) in [6, 6.07) is 9.28. The highest BCUT2D eigenvalue weighted by Gasteiger charge is 2.33. The van der Waals surface area contributed by atoms with Crippen LogP contribution in [-0.4, -0.2) is 42.1 Å². The molecule has 0 saturated heterocycles. The molecular formula is C18H25N3O4S. The van der Waals surface area contributed by atoms with Crippen molar-refractivity contribution >= 4 is 16.0 Å². The normalized spacial score (nSPS) is 13.0. The van der Waals surface area contributed by atoms with Gasteiger partial charge in [-0.15, -0.1) is 0 Å². The molecule has 0 radical (unpaired) electrons. The summed E-state index contributed by atoms with van der Waals surface area (Å²) >= 11 is 0. The highest BCUT2D eigenvalue weighted by molar-refractivity contribution is 7.89. The molecule has 0 amide bonds. The maximum Gasteiger partial charge on any atom is 0.309 e. The number of aromatic nitrogens is 2. The highest BCUT2D eigenvalue weighted by atomic mass is 32.2. The molecule has 0 N–H and O–H groups in total. The van der Waals surface area contributed by atoms with Crippen molar-refractivity contribution < 1.29 is 17.9 Å². The smallest absolute Gasteiger partial charge is 0.309 e. The molecule has 7 nitrogen and oxygen atoms in total. The Bertz CT molecular complexity index is 875. The Morgan fingerprint density at radius 2 is 1.88 bits per heavy atom. The minimum atomic E-state index is -3.83. The van der Waals surface area contributed by atoms with Crippen molar-refractivity contribution in [3.05, 3.63) is 47.3 Å². The van der Waals surface area contributed by atoms with Crippen molar-refractivity contribution in [2.24, 2.45) is 13.0 Å². The van der Waals surface area contributed by atoms with Crippen LogP contribution in [0.15, 0.2) is 35.2 Å². The van der Waals surface area contributed by atoms with Crippen LogP contribution in [0.3, 0.4) is 0 Å². The lowest BCUT2D eigenvalue weighted by Gasteiger charge is -2.24. The number of sulfonamides is 1. The summed E-state index contributed by atoms with van der Waals surface area (Å²) in [6.45, 7) is 5.24. The van der Waals surface area contributed by atoms with Crippen LogP contribution in [0.4, 0.5) is 0 Å². The highest BCUT2D eigenvalue weighted by Crippen LogP contribution is 2.25. The number of benzene rings is 1. The van der Waals surface area contributed by atoms with Gasteiger partial charge in [0.1, 0.15) is 4.90 Å². The number of rotatable bonds is 7. The molecule has 1 atom stereocenters. The quantitative estimate of drug-likeness (QED) is 0.688. The van der Waals surface area contributed by atoms with Crippen LogP contribution >= 0.6 is 0 Å². The molecule has 0 aliphatic heterocycles. The van der Waals surface area contributed by atoms with Crippen LogP contribution in [0.25, 0.3) is 0 Å². The van der Waals surface area contributed by atoms with E-state index < -0.39 is 21.9 Å². The SMILES string of the molecule is COC(=O)[C@@H](C)CN(Cc1ccccc1)S(=O)(=O)c1c(C)nn(C)c1C. The van der Waals surface area contributed by atoms with Gasteiger partial charge in [0.25, 0.3) is 0 Å². The third kappa shape index (κ3) is 4.13. The Balaban J connectivity index is 2.46. The molecule has 1 aromatic heterocycles. The number of carbonyl (C=O) groups excluding carboxylic acids is 1. The molecule has 0 fully saturated rings. The lowest BCUT2D eigenvalue weighted by molar-refractivity contribution is -0.145. The topological polar surface area (TPSA) is 81.5 Å². The fourth-order valence-corrected chi connectivity index (χ4v) is 4.79. The minimum absolute atomic E-state index is 0.0255. The Kier molecular flexibility index (Phi) is 6.20. The van der Waals surface area contributed by atoms with Gasteiger partial charge in [-0.3, -0.25) is 9.48 Å². The van der Waals surface area contributed by atoms with Crippen molar-refractivity contribution in [1.29, 1.82) is 0 Å². The number of hydrogen-bond donors (Lipinski definition) is 0. The van der Waals surface area contributed by atoms with Crippen molar-refractivity contribution in [2.75, 3.05) is 13.7 Å². The zero-order valence-corrected chi connectivity index (χ0v) is 16.6. The number of aryl methyl sites for hydroxylation is 2. The molecule has 0 aliphatic rings. The summed E-state index contributed by atoms with van der Waals surface area (Å²) in [6.07, 6.45) is 0. The van der Waals surface area contributed by atoms with E-state index in [0.29, 0.717) is 11.4 Å². The molecule has 0 aliphatic carbocycles. The van der Waals surface area contributed by atoms with E-state index in [1.807, 2.05) is 30.3 Å². The fourth-order valence-electron chi connectivity index (χ4n) is 2.87. The van der Waals surface area contributed by atoms with Gasteiger partial charge in [0.15, 0.2) is 0 Å².